The first-order valence-electron chi connectivity index (χ1n) is 10.2. The second kappa shape index (κ2) is 10.4. The van der Waals surface area contributed by atoms with Gasteiger partial charge in [0.2, 0.25) is 0 Å². The van der Waals surface area contributed by atoms with Crippen LogP contribution in [0.1, 0.15) is 48.5 Å². The quantitative estimate of drug-likeness (QED) is 0.186. The number of carbonyl (C=O) groups excluding carboxylic acids is 1. The molecule has 0 N–H and O–H groups in total. The number of esters is 1. The van der Waals surface area contributed by atoms with E-state index in [9.17, 15) is 4.79 Å². The molecule has 0 aliphatic rings. The van der Waals surface area contributed by atoms with Gasteiger partial charge in [0.05, 0.1) is 19.8 Å². The number of rotatable bonds is 9. The Morgan fingerprint density at radius 3 is 1.86 bits per heavy atom. The maximum Gasteiger partial charge on any atom is 0.330 e. The summed E-state index contributed by atoms with van der Waals surface area (Å²) in [5, 5.41) is 0.303. The Kier molecular flexibility index (Phi) is 10.1. The van der Waals surface area contributed by atoms with Gasteiger partial charge in [0.25, 0.3) is 0 Å². The smallest absolute Gasteiger partial charge is 0.330 e. The van der Waals surface area contributed by atoms with E-state index in [0.717, 1.165) is 0 Å². The van der Waals surface area contributed by atoms with Crippen LogP contribution in [-0.2, 0) is 18.4 Å². The van der Waals surface area contributed by atoms with Gasteiger partial charge in [-0.1, -0.05) is 66.7 Å². The first kappa shape index (κ1) is 27.3. The van der Waals surface area contributed by atoms with Crippen LogP contribution in [0.25, 0.3) is 0 Å². The molecule has 164 valence electrons. The maximum atomic E-state index is 11.5. The highest BCUT2D eigenvalue weighted by molar-refractivity contribution is 6.74. The van der Waals surface area contributed by atoms with Crippen molar-refractivity contribution in [3.05, 3.63) is 24.3 Å². The van der Waals surface area contributed by atoms with E-state index < -0.39 is 16.6 Å². The Bertz CT molecular complexity index is 552. The van der Waals surface area contributed by atoms with Crippen molar-refractivity contribution in [2.75, 3.05) is 13.7 Å². The molecule has 0 aromatic carbocycles. The minimum absolute atomic E-state index is 0.0531. The van der Waals surface area contributed by atoms with Gasteiger partial charge in [-0.2, -0.15) is 0 Å². The van der Waals surface area contributed by atoms with E-state index in [2.05, 4.69) is 86.8 Å². The van der Waals surface area contributed by atoms with Gasteiger partial charge in [0, 0.05) is 12.0 Å². The number of hydrogen-bond donors (Lipinski definition) is 0. The van der Waals surface area contributed by atoms with Gasteiger partial charge in [-0.15, -0.1) is 0 Å². The van der Waals surface area contributed by atoms with E-state index >= 15 is 0 Å². The van der Waals surface area contributed by atoms with Crippen molar-refractivity contribution in [3.63, 3.8) is 0 Å². The van der Waals surface area contributed by atoms with Crippen molar-refractivity contribution in [2.45, 2.75) is 90.8 Å². The molecule has 0 aromatic rings. The molecular formula is C22H44O4Si2. The van der Waals surface area contributed by atoms with Crippen LogP contribution in [0.4, 0.5) is 0 Å². The molecule has 2 atom stereocenters. The highest BCUT2D eigenvalue weighted by atomic mass is 28.4. The lowest BCUT2D eigenvalue weighted by Crippen LogP contribution is -2.45. The Hall–Kier alpha value is -0.696. The summed E-state index contributed by atoms with van der Waals surface area (Å²) in [6, 6.07) is 0. The van der Waals surface area contributed by atoms with Crippen LogP contribution in [0.3, 0.4) is 0 Å². The summed E-state index contributed by atoms with van der Waals surface area (Å²) < 4.78 is 17.6. The molecule has 0 unspecified atom stereocenters. The van der Waals surface area contributed by atoms with Crippen LogP contribution >= 0.6 is 0 Å². The fourth-order valence-electron chi connectivity index (χ4n) is 1.91. The molecule has 0 spiro atoms. The number of methoxy groups -OCH3 is 1. The standard InChI is InChI=1S/C22H44O4Si2/c1-18(15-16-20(23)24-8)19(26-28(11,12)22(5,6)7)14-13-17-25-27(9,10)21(2,3)4/h13-16,18-19H,17H2,1-12H3/b14-13+,16-15+/t18-,19+/m0/s1. The van der Waals surface area contributed by atoms with Crippen molar-refractivity contribution < 1.29 is 18.4 Å². The van der Waals surface area contributed by atoms with Crippen molar-refractivity contribution >= 4 is 22.6 Å². The monoisotopic (exact) mass is 428 g/mol. The van der Waals surface area contributed by atoms with Gasteiger partial charge in [0.15, 0.2) is 16.6 Å². The molecular weight excluding hydrogens is 384 g/mol. The van der Waals surface area contributed by atoms with Crippen LogP contribution in [0.2, 0.25) is 36.3 Å². The average molecular weight is 429 g/mol. The van der Waals surface area contributed by atoms with Gasteiger partial charge in [0.1, 0.15) is 0 Å². The summed E-state index contributed by atoms with van der Waals surface area (Å²) >= 11 is 0. The SMILES string of the molecule is COC(=O)/C=C/[C@H](C)[C@@H](/C=C/CO[Si](C)(C)C(C)(C)C)O[Si](C)(C)C(C)(C)C. The molecule has 0 radical (unpaired) electrons. The molecule has 0 rings (SSSR count). The molecule has 0 saturated heterocycles. The topological polar surface area (TPSA) is 44.8 Å². The second-order valence-corrected chi connectivity index (χ2v) is 20.1. The van der Waals surface area contributed by atoms with Crippen molar-refractivity contribution in [1.82, 2.24) is 0 Å². The zero-order valence-electron chi connectivity index (χ0n) is 20.3. The predicted octanol–water partition coefficient (Wildman–Crippen LogP) is 6.32. The number of hydrogen-bond acceptors (Lipinski definition) is 4. The molecule has 6 heteroatoms. The summed E-state index contributed by atoms with van der Waals surface area (Å²) in [6.45, 7) is 25.1. The van der Waals surface area contributed by atoms with Crippen molar-refractivity contribution in [1.29, 1.82) is 0 Å². The number of ether oxygens (including phenoxy) is 1. The summed E-state index contributed by atoms with van der Waals surface area (Å²) in [6.07, 6.45) is 7.40. The Morgan fingerprint density at radius 2 is 1.43 bits per heavy atom. The van der Waals surface area contributed by atoms with Crippen LogP contribution in [-0.4, -0.2) is 42.4 Å². The van der Waals surface area contributed by atoms with Crippen LogP contribution < -0.4 is 0 Å². The molecule has 0 aliphatic carbocycles. The third-order valence-corrected chi connectivity index (χ3v) is 15.1. The molecule has 0 heterocycles. The van der Waals surface area contributed by atoms with Crippen molar-refractivity contribution in [2.24, 2.45) is 5.92 Å². The minimum Gasteiger partial charge on any atom is -0.466 e. The zero-order valence-corrected chi connectivity index (χ0v) is 22.3. The van der Waals surface area contributed by atoms with Gasteiger partial charge < -0.3 is 13.6 Å². The summed E-state index contributed by atoms with van der Waals surface area (Å²) in [5.74, 6) is -0.291. The lowest BCUT2D eigenvalue weighted by Gasteiger charge is -2.40. The van der Waals surface area contributed by atoms with E-state index in [4.69, 9.17) is 13.6 Å². The van der Waals surface area contributed by atoms with E-state index in [1.807, 2.05) is 6.08 Å². The Morgan fingerprint density at radius 1 is 0.929 bits per heavy atom. The summed E-state index contributed by atoms with van der Waals surface area (Å²) in [4.78, 5) is 11.5. The van der Waals surface area contributed by atoms with Crippen LogP contribution in [0.15, 0.2) is 24.3 Å². The molecule has 0 amide bonds. The van der Waals surface area contributed by atoms with Gasteiger partial charge in [-0.3, -0.25) is 0 Å². The summed E-state index contributed by atoms with van der Waals surface area (Å²) in [5.41, 5.74) is 0. The minimum atomic E-state index is -1.96. The summed E-state index contributed by atoms with van der Waals surface area (Å²) in [7, 11) is -2.34. The molecule has 4 nitrogen and oxygen atoms in total. The lowest BCUT2D eigenvalue weighted by atomic mass is 10.0. The average Bonchev–Trinajstić information content (AvgIpc) is 2.52. The lowest BCUT2D eigenvalue weighted by molar-refractivity contribution is -0.134. The van der Waals surface area contributed by atoms with E-state index in [-0.39, 0.29) is 28.1 Å². The number of carbonyl (C=O) groups is 1. The third kappa shape index (κ3) is 8.76. The predicted molar refractivity (Wildman–Crippen MR) is 125 cm³/mol. The molecule has 0 aromatic heterocycles. The largest absolute Gasteiger partial charge is 0.466 e. The van der Waals surface area contributed by atoms with E-state index in [1.54, 1.807) is 0 Å². The third-order valence-electron chi connectivity index (χ3n) is 6.16. The molecule has 28 heavy (non-hydrogen) atoms. The molecule has 0 fully saturated rings. The van der Waals surface area contributed by atoms with Crippen LogP contribution in [0.5, 0.6) is 0 Å². The fourth-order valence-corrected chi connectivity index (χ4v) is 4.18. The fraction of sp³-hybridized carbons (Fsp3) is 0.773. The second-order valence-electron chi connectivity index (χ2n) is 10.6. The highest BCUT2D eigenvalue weighted by Gasteiger charge is 2.39. The first-order chi connectivity index (χ1) is 12.4. The van der Waals surface area contributed by atoms with Gasteiger partial charge in [-0.05, 0) is 36.3 Å². The highest BCUT2D eigenvalue weighted by Crippen LogP contribution is 2.39. The molecule has 0 aliphatic heterocycles. The normalized spacial score (nSPS) is 16.6. The van der Waals surface area contributed by atoms with Crippen LogP contribution in [0, 0.1) is 5.92 Å². The maximum absolute atomic E-state index is 11.5. The molecule has 0 bridgehead atoms. The first-order valence-corrected chi connectivity index (χ1v) is 16.0. The van der Waals surface area contributed by atoms with E-state index in [0.29, 0.717) is 6.61 Å². The molecule has 0 saturated carbocycles. The van der Waals surface area contributed by atoms with E-state index in [1.165, 1.54) is 13.2 Å². The Labute approximate surface area is 176 Å². The van der Waals surface area contributed by atoms with Crippen molar-refractivity contribution in [3.8, 4) is 0 Å². The zero-order chi connectivity index (χ0) is 22.4. The van der Waals surface area contributed by atoms with Gasteiger partial charge >= 0.3 is 5.97 Å². The Balaban J connectivity index is 5.34. The van der Waals surface area contributed by atoms with Gasteiger partial charge in [-0.25, -0.2) is 4.79 Å².